The van der Waals surface area contributed by atoms with E-state index in [1.54, 1.807) is 19.1 Å². The van der Waals surface area contributed by atoms with Crippen molar-refractivity contribution in [3.63, 3.8) is 0 Å². The van der Waals surface area contributed by atoms with Gasteiger partial charge in [0.1, 0.15) is 0 Å². The maximum absolute atomic E-state index is 13.3. The number of allylic oxidation sites excluding steroid dienone is 1. The summed E-state index contributed by atoms with van der Waals surface area (Å²) in [6, 6.07) is 10.9. The third-order valence-corrected chi connectivity index (χ3v) is 5.10. The molecule has 1 atom stereocenters. The van der Waals surface area contributed by atoms with Gasteiger partial charge in [0, 0.05) is 5.70 Å². The number of nitrogens with one attached hydrogen (secondary N) is 3. The molecule has 3 rings (SSSR count). The van der Waals surface area contributed by atoms with Gasteiger partial charge in [-0.2, -0.15) is 13.2 Å². The fourth-order valence-electron chi connectivity index (χ4n) is 3.45. The van der Waals surface area contributed by atoms with Gasteiger partial charge in [-0.05, 0) is 35.6 Å². The maximum atomic E-state index is 13.3. The van der Waals surface area contributed by atoms with E-state index in [1.165, 1.54) is 18.2 Å². The molecule has 2 aromatic rings. The van der Waals surface area contributed by atoms with Crippen LogP contribution >= 0.6 is 0 Å². The predicted molar refractivity (Wildman–Crippen MR) is 112 cm³/mol. The van der Waals surface area contributed by atoms with E-state index >= 15 is 0 Å². The summed E-state index contributed by atoms with van der Waals surface area (Å²) in [6.45, 7) is 7.74. The zero-order valence-electron chi connectivity index (χ0n) is 17.6. The normalized spacial score (nSPS) is 17.1. The molecule has 0 aliphatic carbocycles. The zero-order valence-corrected chi connectivity index (χ0v) is 17.6. The lowest BCUT2D eigenvalue weighted by atomic mass is 9.85. The molecule has 0 spiro atoms. The van der Waals surface area contributed by atoms with Crippen LogP contribution in [0.4, 0.5) is 23.7 Å². The lowest BCUT2D eigenvalue weighted by Gasteiger charge is -2.29. The Balaban J connectivity index is 1.97. The van der Waals surface area contributed by atoms with Gasteiger partial charge in [-0.3, -0.25) is 4.79 Å². The van der Waals surface area contributed by atoms with Crippen LogP contribution in [0.15, 0.2) is 59.8 Å². The number of rotatable bonds is 3. The number of amides is 3. The SMILES string of the molecule is CC1=C(C(=O)Nc2ccccc2C(F)(F)F)C(c2ccc(C(C)(C)C)cc2)NC(=O)N1. The van der Waals surface area contributed by atoms with Crippen molar-refractivity contribution in [3.8, 4) is 0 Å². The van der Waals surface area contributed by atoms with Crippen LogP contribution in [0.1, 0.15) is 50.4 Å². The summed E-state index contributed by atoms with van der Waals surface area (Å²) in [4.78, 5) is 25.1. The molecule has 1 heterocycles. The molecule has 1 aliphatic heterocycles. The van der Waals surface area contributed by atoms with Gasteiger partial charge in [0.25, 0.3) is 5.91 Å². The number of halogens is 3. The fraction of sp³-hybridized carbons (Fsp3) is 0.304. The number of alkyl halides is 3. The minimum absolute atomic E-state index is 0.0802. The highest BCUT2D eigenvalue weighted by molar-refractivity contribution is 6.07. The van der Waals surface area contributed by atoms with E-state index in [4.69, 9.17) is 0 Å². The average molecular weight is 431 g/mol. The standard InChI is InChI=1S/C23H24F3N3O2/c1-13-18(20(30)28-17-8-6-5-7-16(17)23(24,25)26)19(29-21(31)27-13)14-9-11-15(12-10-14)22(2,3)4/h5-12,19H,1-4H3,(H,28,30)(H2,27,29,31). The summed E-state index contributed by atoms with van der Waals surface area (Å²) in [5.74, 6) is -0.730. The lowest BCUT2D eigenvalue weighted by Crippen LogP contribution is -2.46. The van der Waals surface area contributed by atoms with Crippen molar-refractivity contribution in [2.75, 3.05) is 5.32 Å². The van der Waals surface area contributed by atoms with Gasteiger partial charge in [-0.15, -0.1) is 0 Å². The predicted octanol–water partition coefficient (Wildman–Crippen LogP) is 5.27. The van der Waals surface area contributed by atoms with E-state index < -0.39 is 29.7 Å². The largest absolute Gasteiger partial charge is 0.418 e. The average Bonchev–Trinajstić information content (AvgIpc) is 2.66. The summed E-state index contributed by atoms with van der Waals surface area (Å²) in [6.07, 6.45) is -4.62. The minimum atomic E-state index is -4.62. The number of hydrogen-bond acceptors (Lipinski definition) is 2. The van der Waals surface area contributed by atoms with Crippen LogP contribution in [0.25, 0.3) is 0 Å². The highest BCUT2D eigenvalue weighted by atomic mass is 19.4. The molecule has 1 unspecified atom stereocenters. The van der Waals surface area contributed by atoms with Crippen LogP contribution in [0.2, 0.25) is 0 Å². The van der Waals surface area contributed by atoms with Gasteiger partial charge in [0.05, 0.1) is 22.9 Å². The zero-order chi connectivity index (χ0) is 23.0. The molecule has 164 valence electrons. The molecule has 0 aromatic heterocycles. The third kappa shape index (κ3) is 4.90. The van der Waals surface area contributed by atoms with Crippen LogP contribution in [-0.4, -0.2) is 11.9 Å². The van der Waals surface area contributed by atoms with Crippen molar-refractivity contribution in [1.29, 1.82) is 0 Å². The van der Waals surface area contributed by atoms with Crippen molar-refractivity contribution in [3.05, 3.63) is 76.5 Å². The first-order chi connectivity index (χ1) is 14.4. The summed E-state index contributed by atoms with van der Waals surface area (Å²) in [5.41, 5.74) is 0.761. The Hall–Kier alpha value is -3.29. The Kier molecular flexibility index (Phi) is 5.85. The molecule has 3 amide bonds. The quantitative estimate of drug-likeness (QED) is 0.620. The van der Waals surface area contributed by atoms with Crippen molar-refractivity contribution < 1.29 is 22.8 Å². The number of carbonyl (C=O) groups is 2. The molecule has 2 aromatic carbocycles. The van der Waals surface area contributed by atoms with E-state index in [9.17, 15) is 22.8 Å². The lowest BCUT2D eigenvalue weighted by molar-refractivity contribution is -0.137. The highest BCUT2D eigenvalue weighted by Gasteiger charge is 2.36. The first kappa shape index (κ1) is 22.4. The van der Waals surface area contributed by atoms with Gasteiger partial charge >= 0.3 is 12.2 Å². The van der Waals surface area contributed by atoms with Crippen LogP contribution in [0, 0.1) is 0 Å². The Labute approximate surface area is 178 Å². The maximum Gasteiger partial charge on any atom is 0.418 e. The molecule has 8 heteroatoms. The van der Waals surface area contributed by atoms with Crippen LogP contribution in [0.5, 0.6) is 0 Å². The van der Waals surface area contributed by atoms with E-state index in [0.717, 1.165) is 11.6 Å². The van der Waals surface area contributed by atoms with Gasteiger partial charge < -0.3 is 16.0 Å². The van der Waals surface area contributed by atoms with Crippen molar-refractivity contribution >= 4 is 17.6 Å². The molecule has 0 radical (unpaired) electrons. The number of hydrogen-bond donors (Lipinski definition) is 3. The van der Waals surface area contributed by atoms with E-state index in [0.29, 0.717) is 5.56 Å². The Bertz CT molecular complexity index is 1040. The van der Waals surface area contributed by atoms with Crippen molar-refractivity contribution in [2.45, 2.75) is 45.3 Å². The summed E-state index contributed by atoms with van der Waals surface area (Å²) >= 11 is 0. The summed E-state index contributed by atoms with van der Waals surface area (Å²) in [7, 11) is 0. The Morgan fingerprint density at radius 1 is 1.00 bits per heavy atom. The number of urea groups is 1. The fourth-order valence-corrected chi connectivity index (χ4v) is 3.45. The Morgan fingerprint density at radius 3 is 2.19 bits per heavy atom. The number of para-hydroxylation sites is 1. The molecule has 5 nitrogen and oxygen atoms in total. The van der Waals surface area contributed by atoms with Gasteiger partial charge in [0.2, 0.25) is 0 Å². The van der Waals surface area contributed by atoms with Crippen molar-refractivity contribution in [1.82, 2.24) is 10.6 Å². The molecule has 0 bridgehead atoms. The highest BCUT2D eigenvalue weighted by Crippen LogP contribution is 2.36. The van der Waals surface area contributed by atoms with Crippen LogP contribution in [-0.2, 0) is 16.4 Å². The summed E-state index contributed by atoms with van der Waals surface area (Å²) < 4.78 is 39.9. The van der Waals surface area contributed by atoms with Crippen LogP contribution < -0.4 is 16.0 Å². The molecule has 3 N–H and O–H groups in total. The van der Waals surface area contributed by atoms with E-state index in [1.807, 2.05) is 12.1 Å². The number of anilines is 1. The smallest absolute Gasteiger partial charge is 0.327 e. The third-order valence-electron chi connectivity index (χ3n) is 5.10. The van der Waals surface area contributed by atoms with E-state index in [2.05, 4.69) is 36.7 Å². The van der Waals surface area contributed by atoms with Crippen LogP contribution in [0.3, 0.4) is 0 Å². The van der Waals surface area contributed by atoms with Gasteiger partial charge in [0.15, 0.2) is 0 Å². The second-order valence-electron chi connectivity index (χ2n) is 8.44. The second-order valence-corrected chi connectivity index (χ2v) is 8.44. The minimum Gasteiger partial charge on any atom is -0.327 e. The second kappa shape index (κ2) is 8.09. The molecule has 0 saturated heterocycles. The summed E-state index contributed by atoms with van der Waals surface area (Å²) in [5, 5.41) is 7.57. The van der Waals surface area contributed by atoms with Gasteiger partial charge in [-0.1, -0.05) is 57.2 Å². The van der Waals surface area contributed by atoms with E-state index in [-0.39, 0.29) is 22.4 Å². The molecule has 1 aliphatic rings. The van der Waals surface area contributed by atoms with Gasteiger partial charge in [-0.25, -0.2) is 4.79 Å². The van der Waals surface area contributed by atoms with Crippen molar-refractivity contribution in [2.24, 2.45) is 0 Å². The Morgan fingerprint density at radius 2 is 1.61 bits per heavy atom. The molecule has 31 heavy (non-hydrogen) atoms. The topological polar surface area (TPSA) is 70.2 Å². The molecular formula is C23H24F3N3O2. The number of benzene rings is 2. The first-order valence-corrected chi connectivity index (χ1v) is 9.74. The first-order valence-electron chi connectivity index (χ1n) is 9.74. The number of carbonyl (C=O) groups excluding carboxylic acids is 2. The molecular weight excluding hydrogens is 407 g/mol. The monoisotopic (exact) mass is 431 g/mol. The molecule has 0 saturated carbocycles. The molecule has 0 fully saturated rings.